The van der Waals surface area contributed by atoms with Crippen LogP contribution in [0.3, 0.4) is 0 Å². The second kappa shape index (κ2) is 7.34. The highest BCUT2D eigenvalue weighted by atomic mass is 35.5. The monoisotopic (exact) mass is 274 g/mol. The van der Waals surface area contributed by atoms with Gasteiger partial charge in [0.15, 0.2) is 0 Å². The van der Waals surface area contributed by atoms with Crippen LogP contribution in [0.15, 0.2) is 0 Å². The van der Waals surface area contributed by atoms with Crippen molar-refractivity contribution in [3.63, 3.8) is 0 Å². The zero-order valence-electron chi connectivity index (χ0n) is 11.7. The first-order valence-corrected chi connectivity index (χ1v) is 7.17. The summed E-state index contributed by atoms with van der Waals surface area (Å²) >= 11 is 0. The van der Waals surface area contributed by atoms with Crippen LogP contribution in [0.25, 0.3) is 0 Å². The molecule has 3 unspecified atom stereocenters. The van der Waals surface area contributed by atoms with Crippen LogP contribution in [-0.4, -0.2) is 36.5 Å². The van der Waals surface area contributed by atoms with Crippen LogP contribution in [0.2, 0.25) is 0 Å². The number of carbonyl (C=O) groups is 1. The molecule has 1 aliphatic heterocycles. The summed E-state index contributed by atoms with van der Waals surface area (Å²) in [6, 6.07) is 0.918. The number of amides is 1. The lowest BCUT2D eigenvalue weighted by Crippen LogP contribution is -2.44. The number of hydrogen-bond donors (Lipinski definition) is 1. The molecule has 3 atom stereocenters. The minimum Gasteiger partial charge on any atom is -0.342 e. The fourth-order valence-electron chi connectivity index (χ4n) is 3.34. The standard InChI is InChI=1S/C14H26N2O.ClH/c1-11-6-3-4-8-13(11)16(2)14(17)10-12-7-5-9-15-12;/h11-13,15H,3-10H2,1-2H3;1H. The van der Waals surface area contributed by atoms with Gasteiger partial charge in [-0.2, -0.15) is 0 Å². The van der Waals surface area contributed by atoms with E-state index in [0.29, 0.717) is 30.3 Å². The fraction of sp³-hybridized carbons (Fsp3) is 0.929. The molecule has 2 aliphatic rings. The van der Waals surface area contributed by atoms with Gasteiger partial charge in [-0.1, -0.05) is 19.8 Å². The normalized spacial score (nSPS) is 31.8. The smallest absolute Gasteiger partial charge is 0.224 e. The van der Waals surface area contributed by atoms with E-state index in [1.807, 2.05) is 11.9 Å². The molecule has 0 aromatic heterocycles. The van der Waals surface area contributed by atoms with Crippen LogP contribution in [0.1, 0.15) is 51.9 Å². The van der Waals surface area contributed by atoms with Crippen molar-refractivity contribution in [3.05, 3.63) is 0 Å². The lowest BCUT2D eigenvalue weighted by molar-refractivity contribution is -0.134. The van der Waals surface area contributed by atoms with E-state index in [2.05, 4.69) is 12.2 Å². The number of hydrogen-bond acceptors (Lipinski definition) is 2. The number of nitrogens with one attached hydrogen (secondary N) is 1. The third kappa shape index (κ3) is 3.86. The molecule has 1 N–H and O–H groups in total. The highest BCUT2D eigenvalue weighted by Crippen LogP contribution is 2.28. The number of carbonyl (C=O) groups excluding carboxylic acids is 1. The van der Waals surface area contributed by atoms with E-state index >= 15 is 0 Å². The van der Waals surface area contributed by atoms with Gasteiger partial charge >= 0.3 is 0 Å². The molecular formula is C14H27ClN2O. The molecule has 0 bridgehead atoms. The van der Waals surface area contributed by atoms with Crippen LogP contribution < -0.4 is 5.32 Å². The van der Waals surface area contributed by atoms with Gasteiger partial charge in [0, 0.05) is 25.6 Å². The van der Waals surface area contributed by atoms with E-state index in [1.54, 1.807) is 0 Å². The Morgan fingerprint density at radius 3 is 2.56 bits per heavy atom. The number of halogens is 1. The van der Waals surface area contributed by atoms with Gasteiger partial charge in [-0.15, -0.1) is 12.4 Å². The van der Waals surface area contributed by atoms with Gasteiger partial charge in [0.2, 0.25) is 5.91 Å². The molecule has 3 nitrogen and oxygen atoms in total. The zero-order chi connectivity index (χ0) is 12.3. The Bertz CT molecular complexity index is 267. The van der Waals surface area contributed by atoms with Crippen molar-refractivity contribution in [2.45, 2.75) is 64.0 Å². The summed E-state index contributed by atoms with van der Waals surface area (Å²) in [5.74, 6) is 1.01. The summed E-state index contributed by atoms with van der Waals surface area (Å²) in [5.41, 5.74) is 0. The summed E-state index contributed by atoms with van der Waals surface area (Å²) < 4.78 is 0. The molecule has 1 heterocycles. The van der Waals surface area contributed by atoms with Crippen LogP contribution >= 0.6 is 12.4 Å². The second-order valence-corrected chi connectivity index (χ2v) is 5.83. The molecule has 1 aliphatic carbocycles. The second-order valence-electron chi connectivity index (χ2n) is 5.83. The highest BCUT2D eigenvalue weighted by Gasteiger charge is 2.29. The van der Waals surface area contributed by atoms with E-state index in [0.717, 1.165) is 6.54 Å². The van der Waals surface area contributed by atoms with E-state index < -0.39 is 0 Å². The van der Waals surface area contributed by atoms with Crippen LogP contribution in [0, 0.1) is 5.92 Å². The molecule has 1 amide bonds. The van der Waals surface area contributed by atoms with Gasteiger partial charge < -0.3 is 10.2 Å². The van der Waals surface area contributed by atoms with Crippen LogP contribution in [0.4, 0.5) is 0 Å². The third-order valence-electron chi connectivity index (χ3n) is 4.54. The van der Waals surface area contributed by atoms with Gasteiger partial charge in [0.05, 0.1) is 0 Å². The Morgan fingerprint density at radius 1 is 1.22 bits per heavy atom. The van der Waals surface area contributed by atoms with Gasteiger partial charge in [0.1, 0.15) is 0 Å². The van der Waals surface area contributed by atoms with Crippen molar-refractivity contribution in [2.75, 3.05) is 13.6 Å². The van der Waals surface area contributed by atoms with Crippen LogP contribution in [-0.2, 0) is 4.79 Å². The summed E-state index contributed by atoms with van der Waals surface area (Å²) in [6.07, 6.45) is 8.19. The van der Waals surface area contributed by atoms with E-state index in [9.17, 15) is 4.79 Å². The molecule has 0 spiro atoms. The van der Waals surface area contributed by atoms with E-state index in [-0.39, 0.29) is 12.4 Å². The largest absolute Gasteiger partial charge is 0.342 e. The first-order chi connectivity index (χ1) is 8.18. The van der Waals surface area contributed by atoms with Crippen molar-refractivity contribution in [3.8, 4) is 0 Å². The van der Waals surface area contributed by atoms with Gasteiger partial charge in [-0.25, -0.2) is 0 Å². The van der Waals surface area contributed by atoms with Crippen molar-refractivity contribution >= 4 is 18.3 Å². The average Bonchev–Trinajstić information content (AvgIpc) is 2.81. The molecule has 1 saturated heterocycles. The Balaban J connectivity index is 0.00000162. The third-order valence-corrected chi connectivity index (χ3v) is 4.54. The minimum absolute atomic E-state index is 0. The molecular weight excluding hydrogens is 248 g/mol. The fourth-order valence-corrected chi connectivity index (χ4v) is 3.34. The molecule has 1 saturated carbocycles. The Hall–Kier alpha value is -0.280. The number of rotatable bonds is 3. The molecule has 4 heteroatoms. The van der Waals surface area contributed by atoms with E-state index in [1.165, 1.54) is 38.5 Å². The first-order valence-electron chi connectivity index (χ1n) is 7.17. The molecule has 2 fully saturated rings. The SMILES string of the molecule is CC1CCCCC1N(C)C(=O)CC1CCCN1.Cl. The predicted molar refractivity (Wildman–Crippen MR) is 77.1 cm³/mol. The van der Waals surface area contributed by atoms with Crippen molar-refractivity contribution in [1.29, 1.82) is 0 Å². The van der Waals surface area contributed by atoms with Crippen molar-refractivity contribution < 1.29 is 4.79 Å². The molecule has 0 radical (unpaired) electrons. The minimum atomic E-state index is 0. The van der Waals surface area contributed by atoms with Crippen LogP contribution in [0.5, 0.6) is 0 Å². The molecule has 18 heavy (non-hydrogen) atoms. The maximum absolute atomic E-state index is 12.2. The summed E-state index contributed by atoms with van der Waals surface area (Å²) in [6.45, 7) is 3.38. The Labute approximate surface area is 117 Å². The molecule has 0 aromatic carbocycles. The highest BCUT2D eigenvalue weighted by molar-refractivity contribution is 5.85. The van der Waals surface area contributed by atoms with E-state index in [4.69, 9.17) is 0 Å². The summed E-state index contributed by atoms with van der Waals surface area (Å²) in [5, 5.41) is 3.41. The maximum atomic E-state index is 12.2. The Kier molecular flexibility index (Phi) is 6.44. The van der Waals surface area contributed by atoms with Gasteiger partial charge in [-0.3, -0.25) is 4.79 Å². The lowest BCUT2D eigenvalue weighted by atomic mass is 9.85. The van der Waals surface area contributed by atoms with Crippen molar-refractivity contribution in [1.82, 2.24) is 10.2 Å². The molecule has 2 rings (SSSR count). The van der Waals surface area contributed by atoms with Gasteiger partial charge in [-0.05, 0) is 38.1 Å². The topological polar surface area (TPSA) is 32.3 Å². The lowest BCUT2D eigenvalue weighted by Gasteiger charge is -2.36. The zero-order valence-corrected chi connectivity index (χ0v) is 12.5. The quantitative estimate of drug-likeness (QED) is 0.858. The Morgan fingerprint density at radius 2 is 1.94 bits per heavy atom. The number of nitrogens with zero attached hydrogens (tertiary/aromatic N) is 1. The summed E-state index contributed by atoms with van der Waals surface area (Å²) in [7, 11) is 2.00. The summed E-state index contributed by atoms with van der Waals surface area (Å²) in [4.78, 5) is 14.3. The molecule has 106 valence electrons. The molecule has 0 aromatic rings. The average molecular weight is 275 g/mol. The first kappa shape index (κ1) is 15.8. The predicted octanol–water partition coefficient (Wildman–Crippen LogP) is 2.59. The van der Waals surface area contributed by atoms with Gasteiger partial charge in [0.25, 0.3) is 0 Å². The maximum Gasteiger partial charge on any atom is 0.224 e. The van der Waals surface area contributed by atoms with Crippen molar-refractivity contribution in [2.24, 2.45) is 5.92 Å².